The molecule has 0 fully saturated rings. The largest absolute Gasteiger partial charge is 0.256 e. The predicted molar refractivity (Wildman–Crippen MR) is 156 cm³/mol. The molecule has 0 saturated carbocycles. The Labute approximate surface area is 211 Å². The highest BCUT2D eigenvalue weighted by Crippen LogP contribution is 2.39. The number of hydrogen-bond acceptors (Lipinski definition) is 1. The Morgan fingerprint density at radius 1 is 0.571 bits per heavy atom. The smallest absolute Gasteiger partial charge is 0.0789 e. The zero-order chi connectivity index (χ0) is 25.0. The van der Waals surface area contributed by atoms with Crippen LogP contribution in [0.25, 0.3) is 43.9 Å². The molecule has 4 aromatic carbocycles. The van der Waals surface area contributed by atoms with Crippen molar-refractivity contribution in [2.45, 2.75) is 60.3 Å². The summed E-state index contributed by atoms with van der Waals surface area (Å²) in [4.78, 5) is 4.84. The average molecular weight is 462 g/mol. The van der Waals surface area contributed by atoms with Crippen LogP contribution in [0.15, 0.2) is 97.2 Å². The van der Waals surface area contributed by atoms with Gasteiger partial charge in [-0.15, -0.1) is 0 Å². The number of rotatable bonds is 5. The molecule has 0 N–H and O–H groups in total. The summed E-state index contributed by atoms with van der Waals surface area (Å²) in [6.45, 7) is 10.6. The van der Waals surface area contributed by atoms with Gasteiger partial charge in [-0.2, -0.15) is 0 Å². The van der Waals surface area contributed by atoms with E-state index in [0.717, 1.165) is 5.69 Å². The standard InChI is InChI=1S/C26H19N.C6H14.C2H6/c1-18-15-16-20-9-3-5-12-22(20)25(18)26-24(14-7-17-27-26)23-13-6-10-19-8-2-4-11-21(19)23;1-3-5-6-4-2;1-2/h2-17H,1H3;3-6H2,1-2H3;1-2H3. The van der Waals surface area contributed by atoms with Crippen LogP contribution in [0.5, 0.6) is 0 Å². The Morgan fingerprint density at radius 3 is 1.83 bits per heavy atom. The average Bonchev–Trinajstić information content (AvgIpc) is 2.93. The normalized spacial score (nSPS) is 10.3. The van der Waals surface area contributed by atoms with E-state index in [1.807, 2.05) is 26.1 Å². The topological polar surface area (TPSA) is 12.9 Å². The van der Waals surface area contributed by atoms with Crippen molar-refractivity contribution >= 4 is 21.5 Å². The molecule has 0 aliphatic rings. The van der Waals surface area contributed by atoms with Crippen LogP contribution in [0.1, 0.15) is 58.9 Å². The van der Waals surface area contributed by atoms with Gasteiger partial charge in [-0.1, -0.05) is 138 Å². The summed E-state index contributed by atoms with van der Waals surface area (Å²) in [5.74, 6) is 0. The van der Waals surface area contributed by atoms with Crippen LogP contribution in [-0.4, -0.2) is 4.98 Å². The molecule has 0 bridgehead atoms. The highest BCUT2D eigenvalue weighted by Gasteiger charge is 2.15. The summed E-state index contributed by atoms with van der Waals surface area (Å²) < 4.78 is 0. The molecule has 1 heterocycles. The van der Waals surface area contributed by atoms with Gasteiger partial charge in [-0.05, 0) is 45.7 Å². The second-order valence-electron chi connectivity index (χ2n) is 8.61. The van der Waals surface area contributed by atoms with Crippen LogP contribution in [0, 0.1) is 6.92 Å². The van der Waals surface area contributed by atoms with Crippen molar-refractivity contribution in [2.75, 3.05) is 0 Å². The van der Waals surface area contributed by atoms with Gasteiger partial charge in [0.2, 0.25) is 0 Å². The fourth-order valence-corrected chi connectivity index (χ4v) is 4.48. The maximum Gasteiger partial charge on any atom is 0.0789 e. The number of hydrogen-bond donors (Lipinski definition) is 0. The predicted octanol–water partition coefficient (Wildman–Crippen LogP) is 10.6. The lowest BCUT2D eigenvalue weighted by Crippen LogP contribution is -1.93. The maximum absolute atomic E-state index is 4.84. The fraction of sp³-hybridized carbons (Fsp3) is 0.265. The lowest BCUT2D eigenvalue weighted by molar-refractivity contribution is 0.702. The molecule has 0 amide bonds. The molecule has 35 heavy (non-hydrogen) atoms. The molecule has 0 aliphatic carbocycles. The molecule has 0 atom stereocenters. The minimum atomic E-state index is 1.04. The number of unbranched alkanes of at least 4 members (excludes halogenated alkanes) is 3. The molecule has 1 heteroatoms. The minimum Gasteiger partial charge on any atom is -0.256 e. The first-order valence-corrected chi connectivity index (χ1v) is 13.2. The van der Waals surface area contributed by atoms with Crippen LogP contribution in [0.4, 0.5) is 0 Å². The molecule has 0 radical (unpaired) electrons. The van der Waals surface area contributed by atoms with Crippen LogP contribution < -0.4 is 0 Å². The Morgan fingerprint density at radius 2 is 1.14 bits per heavy atom. The molecule has 0 aliphatic heterocycles. The molecule has 0 unspecified atom stereocenters. The first-order chi connectivity index (χ1) is 17.2. The van der Waals surface area contributed by atoms with Crippen molar-refractivity contribution in [3.8, 4) is 22.4 Å². The van der Waals surface area contributed by atoms with Gasteiger partial charge < -0.3 is 0 Å². The van der Waals surface area contributed by atoms with Gasteiger partial charge >= 0.3 is 0 Å². The summed E-state index contributed by atoms with van der Waals surface area (Å²) in [5.41, 5.74) is 5.91. The van der Waals surface area contributed by atoms with Crippen LogP contribution in [-0.2, 0) is 0 Å². The van der Waals surface area contributed by atoms with E-state index in [2.05, 4.69) is 106 Å². The highest BCUT2D eigenvalue weighted by atomic mass is 14.7. The number of nitrogens with zero attached hydrogens (tertiary/aromatic N) is 1. The Kier molecular flexibility index (Phi) is 10.0. The highest BCUT2D eigenvalue weighted by molar-refractivity contribution is 6.04. The van der Waals surface area contributed by atoms with Gasteiger partial charge in [0.1, 0.15) is 0 Å². The van der Waals surface area contributed by atoms with E-state index in [1.54, 1.807) is 0 Å². The van der Waals surface area contributed by atoms with Gasteiger partial charge in [0.05, 0.1) is 5.69 Å². The summed E-state index contributed by atoms with van der Waals surface area (Å²) in [6.07, 6.45) is 7.43. The molecular formula is C34H39N. The fourth-order valence-electron chi connectivity index (χ4n) is 4.48. The molecule has 1 aromatic heterocycles. The minimum absolute atomic E-state index is 1.04. The van der Waals surface area contributed by atoms with Gasteiger partial charge in [0.15, 0.2) is 0 Å². The molecular weight excluding hydrogens is 422 g/mol. The molecule has 5 rings (SSSR count). The molecule has 5 aromatic rings. The second-order valence-corrected chi connectivity index (χ2v) is 8.61. The number of aromatic nitrogens is 1. The number of fused-ring (bicyclic) bond motifs is 2. The van der Waals surface area contributed by atoms with Crippen molar-refractivity contribution in [1.82, 2.24) is 4.98 Å². The molecule has 1 nitrogen and oxygen atoms in total. The monoisotopic (exact) mass is 461 g/mol. The SMILES string of the molecule is CC.CCCCCC.Cc1ccc2ccccc2c1-c1ncccc1-c1cccc2ccccc12. The summed E-state index contributed by atoms with van der Waals surface area (Å²) >= 11 is 0. The molecule has 0 spiro atoms. The summed E-state index contributed by atoms with van der Waals surface area (Å²) in [7, 11) is 0. The third kappa shape index (κ3) is 6.17. The third-order valence-corrected chi connectivity index (χ3v) is 6.22. The van der Waals surface area contributed by atoms with E-state index in [9.17, 15) is 0 Å². The number of pyridine rings is 1. The third-order valence-electron chi connectivity index (χ3n) is 6.22. The molecule has 180 valence electrons. The van der Waals surface area contributed by atoms with Gasteiger partial charge in [0.25, 0.3) is 0 Å². The Balaban J connectivity index is 0.000000377. The van der Waals surface area contributed by atoms with Crippen LogP contribution >= 0.6 is 0 Å². The van der Waals surface area contributed by atoms with E-state index in [0.29, 0.717) is 0 Å². The van der Waals surface area contributed by atoms with Crippen LogP contribution in [0.2, 0.25) is 0 Å². The van der Waals surface area contributed by atoms with Crippen molar-refractivity contribution in [1.29, 1.82) is 0 Å². The van der Waals surface area contributed by atoms with E-state index in [4.69, 9.17) is 4.98 Å². The van der Waals surface area contributed by atoms with E-state index in [-0.39, 0.29) is 0 Å². The summed E-state index contributed by atoms with van der Waals surface area (Å²) in [5, 5.41) is 5.00. The zero-order valence-corrected chi connectivity index (χ0v) is 22.0. The maximum atomic E-state index is 4.84. The van der Waals surface area contributed by atoms with Crippen molar-refractivity contribution in [3.05, 3.63) is 103 Å². The van der Waals surface area contributed by atoms with E-state index in [1.165, 1.54) is 69.5 Å². The van der Waals surface area contributed by atoms with Crippen molar-refractivity contribution in [2.24, 2.45) is 0 Å². The Hall–Kier alpha value is -3.45. The zero-order valence-electron chi connectivity index (χ0n) is 22.0. The quantitative estimate of drug-likeness (QED) is 0.237. The van der Waals surface area contributed by atoms with Crippen molar-refractivity contribution < 1.29 is 0 Å². The number of benzene rings is 4. The van der Waals surface area contributed by atoms with E-state index < -0.39 is 0 Å². The number of aryl methyl sites for hydroxylation is 1. The summed E-state index contributed by atoms with van der Waals surface area (Å²) in [6, 6.07) is 32.2. The lowest BCUT2D eigenvalue weighted by atomic mass is 9.90. The molecule has 0 saturated heterocycles. The van der Waals surface area contributed by atoms with Crippen LogP contribution in [0.3, 0.4) is 0 Å². The van der Waals surface area contributed by atoms with Gasteiger partial charge in [-0.3, -0.25) is 4.98 Å². The van der Waals surface area contributed by atoms with Gasteiger partial charge in [0, 0.05) is 17.3 Å². The lowest BCUT2D eigenvalue weighted by Gasteiger charge is -2.15. The van der Waals surface area contributed by atoms with Gasteiger partial charge in [-0.25, -0.2) is 0 Å². The first-order valence-electron chi connectivity index (χ1n) is 13.2. The van der Waals surface area contributed by atoms with E-state index >= 15 is 0 Å². The van der Waals surface area contributed by atoms with Crippen molar-refractivity contribution in [3.63, 3.8) is 0 Å². The first kappa shape index (κ1) is 26.2. The second kappa shape index (κ2) is 13.4. The Bertz CT molecular complexity index is 1340.